The zero-order valence-corrected chi connectivity index (χ0v) is 17.2. The van der Waals surface area contributed by atoms with Gasteiger partial charge in [0.2, 0.25) is 0 Å². The molecule has 0 radical (unpaired) electrons. The lowest BCUT2D eigenvalue weighted by atomic mass is 9.84. The Morgan fingerprint density at radius 2 is 2.32 bits per heavy atom. The fourth-order valence-electron chi connectivity index (χ4n) is 2.75. The number of rotatable bonds is 10. The van der Waals surface area contributed by atoms with E-state index in [0.29, 0.717) is 19.8 Å². The highest BCUT2D eigenvalue weighted by Gasteiger charge is 2.34. The van der Waals surface area contributed by atoms with Crippen molar-refractivity contribution in [2.45, 2.75) is 25.9 Å². The van der Waals surface area contributed by atoms with E-state index in [1.54, 1.807) is 13.3 Å². The highest BCUT2D eigenvalue weighted by atomic mass is 127. The van der Waals surface area contributed by atoms with Gasteiger partial charge in [-0.25, -0.2) is 0 Å². The molecule has 1 aliphatic rings. The quantitative estimate of drug-likeness (QED) is 0.211. The molecule has 0 aromatic carbocycles. The van der Waals surface area contributed by atoms with Gasteiger partial charge in [0.25, 0.3) is 0 Å². The maximum Gasteiger partial charge on any atom is 0.190 e. The van der Waals surface area contributed by atoms with Gasteiger partial charge in [-0.1, -0.05) is 0 Å². The minimum atomic E-state index is 0. The number of hydrogen-bond acceptors (Lipinski definition) is 5. The van der Waals surface area contributed by atoms with Crippen LogP contribution in [0.15, 0.2) is 27.8 Å². The average Bonchev–Trinajstić information content (AvgIpc) is 3.26. The highest BCUT2D eigenvalue weighted by molar-refractivity contribution is 14.0. The van der Waals surface area contributed by atoms with Crippen LogP contribution in [-0.2, 0) is 16.1 Å². The van der Waals surface area contributed by atoms with E-state index in [0.717, 1.165) is 50.7 Å². The van der Waals surface area contributed by atoms with Gasteiger partial charge in [0, 0.05) is 45.4 Å². The second-order valence-corrected chi connectivity index (χ2v) is 6.11. The van der Waals surface area contributed by atoms with E-state index >= 15 is 0 Å². The molecule has 7 nitrogen and oxygen atoms in total. The first-order chi connectivity index (χ1) is 11.8. The topological polar surface area (TPSA) is 88.3 Å². The minimum absolute atomic E-state index is 0. The standard InChI is InChI=1S/C17H29N3O4.HI/c1-18-16(20-13-17(5-8-21)6-11-23-14-17)19-7-3-9-22-12-15-4-2-10-24-15;/h2,4,10,21H,3,5-9,11-14H2,1H3,(H2,18,19,20);1H. The number of furan rings is 1. The van der Waals surface area contributed by atoms with E-state index in [1.165, 1.54) is 0 Å². The van der Waals surface area contributed by atoms with E-state index in [9.17, 15) is 5.11 Å². The first kappa shape index (κ1) is 22.2. The summed E-state index contributed by atoms with van der Waals surface area (Å²) in [6.45, 7) is 4.34. The lowest BCUT2D eigenvalue weighted by Gasteiger charge is -2.27. The van der Waals surface area contributed by atoms with Crippen molar-refractivity contribution in [3.63, 3.8) is 0 Å². The highest BCUT2D eigenvalue weighted by Crippen LogP contribution is 2.31. The maximum absolute atomic E-state index is 9.26. The SMILES string of the molecule is CN=C(NCCCOCc1ccco1)NCC1(CCO)CCOC1.I. The third kappa shape index (κ3) is 7.93. The lowest BCUT2D eigenvalue weighted by Crippen LogP contribution is -2.44. The molecule has 0 amide bonds. The normalized spacial score (nSPS) is 20.3. The number of aliphatic hydroxyl groups is 1. The van der Waals surface area contributed by atoms with Crippen LogP contribution in [0.1, 0.15) is 25.0 Å². The van der Waals surface area contributed by atoms with Gasteiger partial charge in [-0.15, -0.1) is 24.0 Å². The Balaban J connectivity index is 0.00000312. The average molecular weight is 467 g/mol. The fourth-order valence-corrected chi connectivity index (χ4v) is 2.75. The van der Waals surface area contributed by atoms with Crippen molar-refractivity contribution < 1.29 is 19.0 Å². The van der Waals surface area contributed by atoms with E-state index in [4.69, 9.17) is 13.9 Å². The summed E-state index contributed by atoms with van der Waals surface area (Å²) in [7, 11) is 1.76. The number of hydrogen-bond donors (Lipinski definition) is 3. The molecule has 1 aromatic rings. The van der Waals surface area contributed by atoms with Crippen LogP contribution in [0.4, 0.5) is 0 Å². The molecule has 2 rings (SSSR count). The molecule has 1 unspecified atom stereocenters. The number of halogens is 1. The fraction of sp³-hybridized carbons (Fsp3) is 0.706. The molecule has 25 heavy (non-hydrogen) atoms. The molecule has 8 heteroatoms. The largest absolute Gasteiger partial charge is 0.467 e. The molecule has 0 bridgehead atoms. The zero-order valence-electron chi connectivity index (χ0n) is 14.8. The van der Waals surface area contributed by atoms with Crippen molar-refractivity contribution in [3.8, 4) is 0 Å². The number of guanidine groups is 1. The Labute approximate surface area is 166 Å². The molecule has 1 atom stereocenters. The Kier molecular flexibility index (Phi) is 11.1. The van der Waals surface area contributed by atoms with Gasteiger partial charge in [0.05, 0.1) is 12.9 Å². The third-order valence-corrected chi connectivity index (χ3v) is 4.26. The Morgan fingerprint density at radius 3 is 2.96 bits per heavy atom. The molecule has 0 saturated carbocycles. The molecular weight excluding hydrogens is 437 g/mol. The third-order valence-electron chi connectivity index (χ3n) is 4.26. The van der Waals surface area contributed by atoms with Gasteiger partial charge in [0.15, 0.2) is 5.96 Å². The number of ether oxygens (including phenoxy) is 2. The Bertz CT molecular complexity index is 476. The van der Waals surface area contributed by atoms with E-state index in [2.05, 4.69) is 15.6 Å². The first-order valence-corrected chi connectivity index (χ1v) is 8.51. The van der Waals surface area contributed by atoms with Crippen molar-refractivity contribution >= 4 is 29.9 Å². The summed E-state index contributed by atoms with van der Waals surface area (Å²) in [6.07, 6.45) is 4.25. The molecular formula is C17H30IN3O4. The van der Waals surface area contributed by atoms with Crippen molar-refractivity contribution in [2.24, 2.45) is 10.4 Å². The Morgan fingerprint density at radius 1 is 1.44 bits per heavy atom. The molecule has 1 fully saturated rings. The van der Waals surface area contributed by atoms with Crippen molar-refractivity contribution in [2.75, 3.05) is 46.6 Å². The summed E-state index contributed by atoms with van der Waals surface area (Å²) in [6, 6.07) is 3.76. The molecule has 144 valence electrons. The molecule has 0 aliphatic carbocycles. The summed E-state index contributed by atoms with van der Waals surface area (Å²) in [5.74, 6) is 1.61. The molecule has 0 spiro atoms. The van der Waals surface area contributed by atoms with Crippen LogP contribution in [0.25, 0.3) is 0 Å². The summed E-state index contributed by atoms with van der Waals surface area (Å²) < 4.78 is 16.3. The smallest absolute Gasteiger partial charge is 0.190 e. The summed E-state index contributed by atoms with van der Waals surface area (Å²) in [5, 5.41) is 15.9. The van der Waals surface area contributed by atoms with Crippen LogP contribution in [0.3, 0.4) is 0 Å². The van der Waals surface area contributed by atoms with E-state index in [-0.39, 0.29) is 36.0 Å². The second-order valence-electron chi connectivity index (χ2n) is 6.11. The lowest BCUT2D eigenvalue weighted by molar-refractivity contribution is 0.105. The van der Waals surface area contributed by atoms with Gasteiger partial charge >= 0.3 is 0 Å². The van der Waals surface area contributed by atoms with Crippen LogP contribution < -0.4 is 10.6 Å². The number of aliphatic hydroxyl groups excluding tert-OH is 1. The van der Waals surface area contributed by atoms with Gasteiger partial charge in [-0.05, 0) is 31.4 Å². The van der Waals surface area contributed by atoms with Crippen LogP contribution >= 0.6 is 24.0 Å². The maximum atomic E-state index is 9.26. The summed E-state index contributed by atoms with van der Waals surface area (Å²) in [5.41, 5.74) is 0.0124. The van der Waals surface area contributed by atoms with Crippen molar-refractivity contribution in [1.82, 2.24) is 10.6 Å². The van der Waals surface area contributed by atoms with Gasteiger partial charge in [-0.3, -0.25) is 4.99 Å². The minimum Gasteiger partial charge on any atom is -0.467 e. The Hall–Kier alpha value is -0.840. The number of aliphatic imine (C=N–C) groups is 1. The van der Waals surface area contributed by atoms with Crippen LogP contribution in [0, 0.1) is 5.41 Å². The zero-order chi connectivity index (χ0) is 17.1. The van der Waals surface area contributed by atoms with Crippen molar-refractivity contribution in [1.29, 1.82) is 0 Å². The molecule has 1 aliphatic heterocycles. The van der Waals surface area contributed by atoms with Crippen LogP contribution in [0.5, 0.6) is 0 Å². The van der Waals surface area contributed by atoms with E-state index in [1.807, 2.05) is 12.1 Å². The van der Waals surface area contributed by atoms with Crippen LogP contribution in [0.2, 0.25) is 0 Å². The summed E-state index contributed by atoms with van der Waals surface area (Å²) >= 11 is 0. The van der Waals surface area contributed by atoms with Gasteiger partial charge in [0.1, 0.15) is 12.4 Å². The van der Waals surface area contributed by atoms with Crippen molar-refractivity contribution in [3.05, 3.63) is 24.2 Å². The predicted octanol–water partition coefficient (Wildman–Crippen LogP) is 1.76. The molecule has 2 heterocycles. The first-order valence-electron chi connectivity index (χ1n) is 8.51. The van der Waals surface area contributed by atoms with Gasteiger partial charge in [-0.2, -0.15) is 0 Å². The van der Waals surface area contributed by atoms with Gasteiger partial charge < -0.3 is 29.6 Å². The molecule has 1 saturated heterocycles. The molecule has 3 N–H and O–H groups in total. The summed E-state index contributed by atoms with van der Waals surface area (Å²) in [4.78, 5) is 4.23. The number of nitrogens with zero attached hydrogens (tertiary/aromatic N) is 1. The number of nitrogens with one attached hydrogen (secondary N) is 2. The monoisotopic (exact) mass is 467 g/mol. The predicted molar refractivity (Wildman–Crippen MR) is 107 cm³/mol. The molecule has 1 aromatic heterocycles. The van der Waals surface area contributed by atoms with Crippen LogP contribution in [-0.4, -0.2) is 57.6 Å². The second kappa shape index (κ2) is 12.5. The van der Waals surface area contributed by atoms with E-state index < -0.39 is 0 Å².